The predicted octanol–water partition coefficient (Wildman–Crippen LogP) is 2.19. The van der Waals surface area contributed by atoms with Crippen molar-refractivity contribution in [2.24, 2.45) is 5.73 Å². The van der Waals surface area contributed by atoms with Gasteiger partial charge in [-0.2, -0.15) is 0 Å². The maximum absolute atomic E-state index is 6.15. The fourth-order valence-electron chi connectivity index (χ4n) is 2.06. The molecule has 0 bridgehead atoms. The van der Waals surface area contributed by atoms with Gasteiger partial charge in [0, 0.05) is 19.3 Å². The zero-order valence-corrected chi connectivity index (χ0v) is 13.9. The Labute approximate surface area is 114 Å². The van der Waals surface area contributed by atoms with Crippen LogP contribution in [0.5, 0.6) is 0 Å². The molecule has 0 aromatic heterocycles. The van der Waals surface area contributed by atoms with Crippen LogP contribution in [0.4, 0.5) is 0 Å². The minimum atomic E-state index is -1.96. The van der Waals surface area contributed by atoms with Crippen LogP contribution < -0.4 is 5.73 Å². The molecular weight excluding hydrogens is 244 g/mol. The van der Waals surface area contributed by atoms with Crippen LogP contribution in [0.2, 0.25) is 12.6 Å². The second kappa shape index (κ2) is 9.92. The Morgan fingerprint density at radius 1 is 1.11 bits per heavy atom. The van der Waals surface area contributed by atoms with Gasteiger partial charge >= 0.3 is 8.56 Å². The molecular formula is C13H32N2O2Si. The Hall–Kier alpha value is 0.0569. The van der Waals surface area contributed by atoms with Crippen LogP contribution in [0.1, 0.15) is 33.1 Å². The van der Waals surface area contributed by atoms with Crippen molar-refractivity contribution in [3.8, 4) is 0 Å². The highest BCUT2D eigenvalue weighted by Gasteiger charge is 2.30. The van der Waals surface area contributed by atoms with Crippen molar-refractivity contribution in [3.63, 3.8) is 0 Å². The monoisotopic (exact) mass is 276 g/mol. The molecule has 0 aliphatic carbocycles. The maximum Gasteiger partial charge on any atom is 0.334 e. The van der Waals surface area contributed by atoms with Gasteiger partial charge in [0.2, 0.25) is 0 Å². The molecule has 110 valence electrons. The lowest BCUT2D eigenvalue weighted by molar-refractivity contribution is 0.187. The van der Waals surface area contributed by atoms with Gasteiger partial charge in [0.05, 0.1) is 0 Å². The van der Waals surface area contributed by atoms with E-state index in [1.165, 1.54) is 0 Å². The van der Waals surface area contributed by atoms with Crippen molar-refractivity contribution in [2.45, 2.75) is 51.7 Å². The Balaban J connectivity index is 3.88. The maximum atomic E-state index is 6.15. The zero-order valence-electron chi connectivity index (χ0n) is 12.9. The molecule has 0 rings (SSSR count). The lowest BCUT2D eigenvalue weighted by Crippen LogP contribution is -2.40. The van der Waals surface area contributed by atoms with Gasteiger partial charge in [-0.05, 0) is 66.3 Å². The van der Waals surface area contributed by atoms with Crippen LogP contribution in [0.25, 0.3) is 0 Å². The molecule has 0 aromatic carbocycles. The van der Waals surface area contributed by atoms with Crippen molar-refractivity contribution >= 4 is 8.56 Å². The number of rotatable bonds is 11. The first kappa shape index (κ1) is 18.1. The van der Waals surface area contributed by atoms with Gasteiger partial charge < -0.3 is 19.5 Å². The summed E-state index contributed by atoms with van der Waals surface area (Å²) >= 11 is 0. The summed E-state index contributed by atoms with van der Waals surface area (Å²) in [5.41, 5.74) is 6.15. The fourth-order valence-corrected chi connectivity index (χ4v) is 4.55. The smallest absolute Gasteiger partial charge is 0.334 e. The van der Waals surface area contributed by atoms with E-state index in [2.05, 4.69) is 25.5 Å². The summed E-state index contributed by atoms with van der Waals surface area (Å²) in [6.45, 7) is 8.78. The number of nitrogens with two attached hydrogens (primary N) is 1. The second-order valence-corrected chi connectivity index (χ2v) is 8.59. The van der Waals surface area contributed by atoms with E-state index in [1.807, 2.05) is 13.8 Å². The van der Waals surface area contributed by atoms with Crippen molar-refractivity contribution in [3.05, 3.63) is 0 Å². The minimum Gasteiger partial charge on any atom is -0.395 e. The first-order chi connectivity index (χ1) is 8.43. The van der Waals surface area contributed by atoms with E-state index >= 15 is 0 Å². The molecule has 0 amide bonds. The summed E-state index contributed by atoms with van der Waals surface area (Å²) in [5.74, 6) is 0. The topological polar surface area (TPSA) is 47.7 Å². The SMILES string of the molecule is CCO[Si](C)(CCC(N)CCCN(C)C)OCC. The molecule has 2 N–H and O–H groups in total. The molecule has 0 saturated carbocycles. The van der Waals surface area contributed by atoms with Crippen molar-refractivity contribution < 1.29 is 8.85 Å². The van der Waals surface area contributed by atoms with E-state index in [0.29, 0.717) is 0 Å². The van der Waals surface area contributed by atoms with Crippen LogP contribution >= 0.6 is 0 Å². The van der Waals surface area contributed by atoms with Crippen LogP contribution in [0.3, 0.4) is 0 Å². The van der Waals surface area contributed by atoms with Gasteiger partial charge in [0.25, 0.3) is 0 Å². The van der Waals surface area contributed by atoms with Crippen molar-refractivity contribution in [1.29, 1.82) is 0 Å². The molecule has 0 aliphatic heterocycles. The van der Waals surface area contributed by atoms with Crippen molar-refractivity contribution in [2.75, 3.05) is 33.9 Å². The van der Waals surface area contributed by atoms with Gasteiger partial charge in [-0.3, -0.25) is 0 Å². The third-order valence-corrected chi connectivity index (χ3v) is 6.04. The number of hydrogen-bond acceptors (Lipinski definition) is 4. The average Bonchev–Trinajstić information content (AvgIpc) is 2.27. The first-order valence-electron chi connectivity index (χ1n) is 7.11. The first-order valence-corrected chi connectivity index (χ1v) is 9.64. The molecule has 0 aromatic rings. The molecule has 4 nitrogen and oxygen atoms in total. The largest absolute Gasteiger partial charge is 0.395 e. The lowest BCUT2D eigenvalue weighted by Gasteiger charge is -2.27. The lowest BCUT2D eigenvalue weighted by atomic mass is 10.1. The Morgan fingerprint density at radius 3 is 2.11 bits per heavy atom. The highest BCUT2D eigenvalue weighted by atomic mass is 28.4. The molecule has 0 aliphatic rings. The van der Waals surface area contributed by atoms with E-state index in [4.69, 9.17) is 14.6 Å². The van der Waals surface area contributed by atoms with Gasteiger partial charge in [-0.1, -0.05) is 0 Å². The minimum absolute atomic E-state index is 0.276. The van der Waals surface area contributed by atoms with E-state index in [1.54, 1.807) is 0 Å². The molecule has 0 spiro atoms. The number of nitrogens with zero attached hydrogens (tertiary/aromatic N) is 1. The molecule has 5 heteroatoms. The molecule has 0 saturated heterocycles. The van der Waals surface area contributed by atoms with E-state index < -0.39 is 8.56 Å². The Kier molecular flexibility index (Phi) is 9.95. The summed E-state index contributed by atoms with van der Waals surface area (Å²) in [6.07, 6.45) is 3.26. The highest BCUT2D eigenvalue weighted by molar-refractivity contribution is 6.66. The van der Waals surface area contributed by atoms with Crippen LogP contribution in [-0.2, 0) is 8.85 Å². The third kappa shape index (κ3) is 9.05. The molecule has 1 unspecified atom stereocenters. The summed E-state index contributed by atoms with van der Waals surface area (Å²) in [4.78, 5) is 2.20. The molecule has 0 radical (unpaired) electrons. The summed E-state index contributed by atoms with van der Waals surface area (Å²) < 4.78 is 11.6. The summed E-state index contributed by atoms with van der Waals surface area (Å²) in [6, 6.07) is 1.27. The molecule has 0 heterocycles. The Morgan fingerprint density at radius 2 is 1.67 bits per heavy atom. The molecule has 18 heavy (non-hydrogen) atoms. The van der Waals surface area contributed by atoms with Gasteiger partial charge in [0.1, 0.15) is 0 Å². The molecule has 0 fully saturated rings. The van der Waals surface area contributed by atoms with Gasteiger partial charge in [0.15, 0.2) is 0 Å². The average molecular weight is 276 g/mol. The molecule has 1 atom stereocenters. The highest BCUT2D eigenvalue weighted by Crippen LogP contribution is 2.18. The van der Waals surface area contributed by atoms with Gasteiger partial charge in [-0.25, -0.2) is 0 Å². The van der Waals surface area contributed by atoms with Crippen molar-refractivity contribution in [1.82, 2.24) is 4.90 Å². The van der Waals surface area contributed by atoms with Crippen LogP contribution in [-0.4, -0.2) is 53.4 Å². The predicted molar refractivity (Wildman–Crippen MR) is 80.1 cm³/mol. The van der Waals surface area contributed by atoms with E-state index in [9.17, 15) is 0 Å². The standard InChI is InChI=1S/C13H32N2O2Si/c1-6-16-18(5,17-7-2)12-10-13(14)9-8-11-15(3)4/h13H,6-12,14H2,1-5H3. The van der Waals surface area contributed by atoms with Crippen LogP contribution in [0, 0.1) is 0 Å². The number of hydrogen-bond donors (Lipinski definition) is 1. The summed E-state index contributed by atoms with van der Waals surface area (Å²) in [5, 5.41) is 0. The summed E-state index contributed by atoms with van der Waals surface area (Å²) in [7, 11) is 2.23. The quantitative estimate of drug-likeness (QED) is 0.588. The zero-order chi connectivity index (χ0) is 14.0. The fraction of sp³-hybridized carbons (Fsp3) is 1.00. The second-order valence-electron chi connectivity index (χ2n) is 5.24. The normalized spacial score (nSPS) is 14.2. The van der Waals surface area contributed by atoms with E-state index in [-0.39, 0.29) is 6.04 Å². The third-order valence-electron chi connectivity index (χ3n) is 3.05. The Bertz CT molecular complexity index is 197. The van der Waals surface area contributed by atoms with Gasteiger partial charge in [-0.15, -0.1) is 0 Å². The van der Waals surface area contributed by atoms with Crippen LogP contribution in [0.15, 0.2) is 0 Å². The van der Waals surface area contributed by atoms with E-state index in [0.717, 1.165) is 45.1 Å².